The molecule has 0 spiro atoms. The summed E-state index contributed by atoms with van der Waals surface area (Å²) < 4.78 is 10.3. The van der Waals surface area contributed by atoms with Gasteiger partial charge < -0.3 is 24.6 Å². The van der Waals surface area contributed by atoms with E-state index >= 15 is 0 Å². The lowest BCUT2D eigenvalue weighted by atomic mass is 9.76. The second-order valence-electron chi connectivity index (χ2n) is 10.0. The van der Waals surface area contributed by atoms with Crippen molar-refractivity contribution in [3.63, 3.8) is 0 Å². The van der Waals surface area contributed by atoms with E-state index < -0.39 is 4.65 Å². The van der Waals surface area contributed by atoms with Crippen LogP contribution in [0.5, 0.6) is 11.5 Å². The highest BCUT2D eigenvalue weighted by molar-refractivity contribution is 6.07. The minimum Gasteiger partial charge on any atom is -0.632 e. The lowest BCUT2D eigenvalue weighted by Gasteiger charge is -2.49. The summed E-state index contributed by atoms with van der Waals surface area (Å²) in [6.45, 7) is 4.24. The van der Waals surface area contributed by atoms with Gasteiger partial charge in [-0.05, 0) is 44.9 Å². The second-order valence-corrected chi connectivity index (χ2v) is 10.0. The molecule has 0 radical (unpaired) electrons. The maximum Gasteiger partial charge on any atom is 0.275 e. The number of allylic oxidation sites excluding steroid dienone is 2. The molecule has 0 saturated carbocycles. The van der Waals surface area contributed by atoms with E-state index in [4.69, 9.17) is 14.6 Å². The summed E-state index contributed by atoms with van der Waals surface area (Å²) in [5, 5.41) is 22.5. The molecule has 4 rings (SSSR count). The topological polar surface area (TPSA) is 103 Å². The Bertz CT molecular complexity index is 1010. The molecule has 9 nitrogen and oxygen atoms in total. The van der Waals surface area contributed by atoms with Gasteiger partial charge in [-0.3, -0.25) is 9.59 Å². The summed E-state index contributed by atoms with van der Waals surface area (Å²) in [7, 11) is 3.20. The maximum absolute atomic E-state index is 13.5. The lowest BCUT2D eigenvalue weighted by Crippen LogP contribution is -2.58. The van der Waals surface area contributed by atoms with Gasteiger partial charge >= 0.3 is 0 Å². The summed E-state index contributed by atoms with van der Waals surface area (Å²) >= 11 is 0. The van der Waals surface area contributed by atoms with E-state index in [9.17, 15) is 14.8 Å². The van der Waals surface area contributed by atoms with E-state index in [2.05, 4.69) is 17.5 Å². The van der Waals surface area contributed by atoms with Crippen LogP contribution in [0.4, 0.5) is 0 Å². The van der Waals surface area contributed by atoms with E-state index in [-0.39, 0.29) is 55.4 Å². The number of benzene rings is 1. The molecule has 1 aliphatic carbocycles. The number of carbonyl (C=O) groups is 2. The molecular weight excluding hydrogens is 448 g/mol. The van der Waals surface area contributed by atoms with Gasteiger partial charge in [0, 0.05) is 30.4 Å². The number of carbonyl (C=O) groups excluding carboxylic acids is 2. The van der Waals surface area contributed by atoms with Gasteiger partial charge in [0.1, 0.15) is 0 Å². The van der Waals surface area contributed by atoms with Crippen LogP contribution < -0.4 is 14.8 Å². The fourth-order valence-electron chi connectivity index (χ4n) is 5.38. The van der Waals surface area contributed by atoms with Crippen molar-refractivity contribution >= 4 is 17.5 Å². The number of piperidine rings is 1. The predicted octanol–water partition coefficient (Wildman–Crippen LogP) is 2.83. The third-order valence-corrected chi connectivity index (χ3v) is 7.19. The summed E-state index contributed by atoms with van der Waals surface area (Å²) in [5.74, 6) is 0.874. The van der Waals surface area contributed by atoms with Crippen LogP contribution >= 0.6 is 0 Å². The van der Waals surface area contributed by atoms with Crippen LogP contribution in [0.15, 0.2) is 35.5 Å². The average molecular weight is 485 g/mol. The number of hydrazone groups is 1. The molecule has 0 bridgehead atoms. The highest BCUT2D eigenvalue weighted by Gasteiger charge is 2.44. The van der Waals surface area contributed by atoms with Gasteiger partial charge in [-0.25, -0.2) is 5.01 Å². The highest BCUT2D eigenvalue weighted by atomic mass is 16.5. The van der Waals surface area contributed by atoms with Gasteiger partial charge in [-0.2, -0.15) is 5.10 Å². The maximum atomic E-state index is 13.5. The fraction of sp³-hybridized carbons (Fsp3) is 0.577. The number of ether oxygens (including phenoxy) is 2. The standard InChI is InChI=1S/C26H36N4O5/c1-17(2)27-24(31)16-30(33)13-11-19(12-14-30)29-26(32)21-8-6-5-7-20(21)25(28-29)18-9-10-22(34-3)23(15-18)35-4/h5-6,9-10,15,17,19-21H,7-8,11-14,16H2,1-4H3,(H,27,31)/t19?,20-,21+,30?/m0/s1. The molecule has 1 aromatic rings. The van der Waals surface area contributed by atoms with Gasteiger partial charge in [-0.15, -0.1) is 0 Å². The van der Waals surface area contributed by atoms with Crippen molar-refractivity contribution < 1.29 is 23.7 Å². The quantitative estimate of drug-likeness (QED) is 0.364. The highest BCUT2D eigenvalue weighted by Crippen LogP contribution is 2.38. The molecule has 2 aliphatic heterocycles. The van der Waals surface area contributed by atoms with Crippen molar-refractivity contribution in [2.45, 2.75) is 51.6 Å². The zero-order chi connectivity index (χ0) is 25.2. The molecule has 190 valence electrons. The smallest absolute Gasteiger partial charge is 0.275 e. The fourth-order valence-corrected chi connectivity index (χ4v) is 5.38. The molecule has 9 heteroatoms. The number of hydroxylamine groups is 3. The van der Waals surface area contributed by atoms with Crippen LogP contribution in [0.2, 0.25) is 0 Å². The number of amides is 2. The Labute approximate surface area is 206 Å². The van der Waals surface area contributed by atoms with Crippen molar-refractivity contribution in [2.75, 3.05) is 33.9 Å². The van der Waals surface area contributed by atoms with Crippen LogP contribution in [-0.2, 0) is 9.59 Å². The van der Waals surface area contributed by atoms with E-state index in [0.29, 0.717) is 30.8 Å². The minimum atomic E-state index is -0.557. The number of likely N-dealkylation sites (tertiary alicyclic amines) is 1. The molecule has 0 unspecified atom stereocenters. The number of quaternary nitrogens is 1. The number of hydrogen-bond acceptors (Lipinski definition) is 6. The van der Waals surface area contributed by atoms with Crippen molar-refractivity contribution in [3.8, 4) is 11.5 Å². The molecule has 2 heterocycles. The van der Waals surface area contributed by atoms with Crippen molar-refractivity contribution in [3.05, 3.63) is 41.1 Å². The van der Waals surface area contributed by atoms with Gasteiger partial charge in [0.05, 0.1) is 45.0 Å². The van der Waals surface area contributed by atoms with Crippen molar-refractivity contribution in [1.29, 1.82) is 0 Å². The van der Waals surface area contributed by atoms with Crippen LogP contribution in [0.1, 0.15) is 45.1 Å². The third kappa shape index (κ3) is 5.36. The second kappa shape index (κ2) is 10.4. The van der Waals surface area contributed by atoms with Crippen LogP contribution in [0.3, 0.4) is 0 Å². The SMILES string of the molecule is COc1ccc(C2=NN(C3CC[N+]([O-])(CC(=O)NC(C)C)CC3)C(=O)[C@@H]3CC=CC[C@H]23)cc1OC. The van der Waals surface area contributed by atoms with Crippen LogP contribution in [0.25, 0.3) is 0 Å². The Morgan fingerprint density at radius 1 is 1.14 bits per heavy atom. The van der Waals surface area contributed by atoms with E-state index in [1.807, 2.05) is 32.0 Å². The summed E-state index contributed by atoms with van der Waals surface area (Å²) in [4.78, 5) is 25.7. The normalized spacial score (nSPS) is 28.4. The van der Waals surface area contributed by atoms with Crippen LogP contribution in [0, 0.1) is 17.0 Å². The zero-order valence-corrected chi connectivity index (χ0v) is 21.0. The van der Waals surface area contributed by atoms with Gasteiger partial charge in [-0.1, -0.05) is 12.2 Å². The average Bonchev–Trinajstić information content (AvgIpc) is 2.84. The molecular formula is C26H36N4O5. The zero-order valence-electron chi connectivity index (χ0n) is 21.0. The van der Waals surface area contributed by atoms with Crippen molar-refractivity contribution in [2.24, 2.45) is 16.9 Å². The monoisotopic (exact) mass is 484 g/mol. The number of nitrogens with one attached hydrogen (secondary N) is 1. The molecule has 0 aromatic heterocycles. The predicted molar refractivity (Wildman–Crippen MR) is 133 cm³/mol. The Morgan fingerprint density at radius 2 is 1.80 bits per heavy atom. The number of methoxy groups -OCH3 is 2. The Balaban J connectivity index is 1.57. The number of nitrogens with zero attached hydrogens (tertiary/aromatic N) is 3. The first-order valence-corrected chi connectivity index (χ1v) is 12.4. The Kier molecular flexibility index (Phi) is 7.47. The molecule has 2 amide bonds. The summed E-state index contributed by atoms with van der Waals surface area (Å²) in [6.07, 6.45) is 6.65. The first-order valence-electron chi connectivity index (χ1n) is 12.4. The summed E-state index contributed by atoms with van der Waals surface area (Å²) in [5.41, 5.74) is 1.77. The lowest BCUT2D eigenvalue weighted by molar-refractivity contribution is -0.878. The third-order valence-electron chi connectivity index (χ3n) is 7.19. The Hall–Kier alpha value is -2.91. The van der Waals surface area contributed by atoms with E-state index in [1.165, 1.54) is 0 Å². The van der Waals surface area contributed by atoms with Gasteiger partial charge in [0.15, 0.2) is 18.0 Å². The molecule has 2 atom stereocenters. The largest absolute Gasteiger partial charge is 0.632 e. The van der Waals surface area contributed by atoms with Gasteiger partial charge in [0.25, 0.3) is 5.91 Å². The molecule has 1 N–H and O–H groups in total. The van der Waals surface area contributed by atoms with E-state index in [1.54, 1.807) is 19.2 Å². The van der Waals surface area contributed by atoms with Gasteiger partial charge in [0.2, 0.25) is 5.91 Å². The number of fused-ring (bicyclic) bond motifs is 1. The Morgan fingerprint density at radius 3 is 2.43 bits per heavy atom. The summed E-state index contributed by atoms with van der Waals surface area (Å²) in [6, 6.07) is 5.57. The van der Waals surface area contributed by atoms with Crippen LogP contribution in [-0.4, -0.2) is 73.1 Å². The molecule has 1 saturated heterocycles. The molecule has 1 aromatic carbocycles. The van der Waals surface area contributed by atoms with E-state index in [0.717, 1.165) is 17.7 Å². The first-order chi connectivity index (χ1) is 16.7. The molecule has 1 fully saturated rings. The minimum absolute atomic E-state index is 0.000415. The van der Waals surface area contributed by atoms with Crippen molar-refractivity contribution in [1.82, 2.24) is 10.3 Å². The molecule has 3 aliphatic rings. The molecule has 35 heavy (non-hydrogen) atoms. The first kappa shape index (κ1) is 25.2. The number of hydrogen-bond donors (Lipinski definition) is 1. The number of rotatable bonds is 7.